The second-order valence-electron chi connectivity index (χ2n) is 6.57. The third kappa shape index (κ3) is 4.33. The molecule has 150 valence electrons. The third-order valence-corrected chi connectivity index (χ3v) is 6.87. The summed E-state index contributed by atoms with van der Waals surface area (Å²) in [5, 5.41) is 16.3. The number of rotatable bonds is 5. The van der Waals surface area contributed by atoms with Crippen molar-refractivity contribution in [1.29, 1.82) is 0 Å². The normalized spacial score (nSPS) is 19.8. The van der Waals surface area contributed by atoms with Crippen LogP contribution in [0.25, 0.3) is 0 Å². The van der Waals surface area contributed by atoms with Crippen molar-refractivity contribution in [3.05, 3.63) is 54.1 Å². The van der Waals surface area contributed by atoms with Gasteiger partial charge in [0, 0.05) is 6.61 Å². The first kappa shape index (κ1) is 20.3. The van der Waals surface area contributed by atoms with Crippen LogP contribution in [0.1, 0.15) is 12.0 Å². The Morgan fingerprint density at radius 2 is 1.86 bits per heavy atom. The molecule has 1 aliphatic heterocycles. The van der Waals surface area contributed by atoms with Gasteiger partial charge in [0.05, 0.1) is 22.7 Å². The van der Waals surface area contributed by atoms with Crippen LogP contribution in [0.3, 0.4) is 0 Å². The number of aryl methyl sites for hydroxylation is 1. The summed E-state index contributed by atoms with van der Waals surface area (Å²) < 4.78 is 36.9. The van der Waals surface area contributed by atoms with Gasteiger partial charge in [0.2, 0.25) is 0 Å². The van der Waals surface area contributed by atoms with Crippen molar-refractivity contribution in [3.63, 3.8) is 0 Å². The first-order chi connectivity index (χ1) is 13.3. The average molecular weight is 407 g/mol. The number of carbonyl (C=O) groups excluding carboxylic acids is 1. The van der Waals surface area contributed by atoms with Crippen LogP contribution in [-0.4, -0.2) is 48.4 Å². The highest BCUT2D eigenvalue weighted by Gasteiger charge is 2.42. The van der Waals surface area contributed by atoms with Crippen LogP contribution in [-0.2, 0) is 19.4 Å². The Morgan fingerprint density at radius 1 is 1.14 bits per heavy atom. The largest absolute Gasteiger partial charge is 0.457 e. The van der Waals surface area contributed by atoms with Gasteiger partial charge in [-0.1, -0.05) is 17.4 Å². The van der Waals surface area contributed by atoms with E-state index in [4.69, 9.17) is 19.9 Å². The number of carbonyl (C=O) groups is 1. The fourth-order valence-electron chi connectivity index (χ4n) is 3.16. The summed E-state index contributed by atoms with van der Waals surface area (Å²) in [5.41, 5.74) is 1.04. The molecule has 1 aliphatic rings. The lowest BCUT2D eigenvalue weighted by Crippen LogP contribution is -2.46. The van der Waals surface area contributed by atoms with Crippen molar-refractivity contribution >= 4 is 15.7 Å². The maximum absolute atomic E-state index is 13.0. The third-order valence-electron chi connectivity index (χ3n) is 4.58. The summed E-state index contributed by atoms with van der Waals surface area (Å²) in [6, 6.07) is 13.3. The maximum atomic E-state index is 13.0. The second-order valence-corrected chi connectivity index (χ2v) is 8.74. The van der Waals surface area contributed by atoms with Crippen molar-refractivity contribution in [1.82, 2.24) is 5.23 Å². The van der Waals surface area contributed by atoms with Gasteiger partial charge in [-0.15, -0.1) is 0 Å². The Labute approximate surface area is 162 Å². The van der Waals surface area contributed by atoms with E-state index in [0.29, 0.717) is 11.5 Å². The van der Waals surface area contributed by atoms with Crippen LogP contribution in [0.5, 0.6) is 11.5 Å². The molecule has 0 aliphatic carbocycles. The van der Waals surface area contributed by atoms with Gasteiger partial charge in [-0.05, 0) is 55.3 Å². The zero-order valence-corrected chi connectivity index (χ0v) is 16.0. The molecule has 1 amide bonds. The molecule has 3 rings (SSSR count). The minimum absolute atomic E-state index is 0.0243. The smallest absolute Gasteiger partial charge is 0.279 e. The number of ether oxygens (including phenoxy) is 2. The molecule has 0 saturated carbocycles. The summed E-state index contributed by atoms with van der Waals surface area (Å²) in [6.45, 7) is 1.90. The summed E-state index contributed by atoms with van der Waals surface area (Å²) in [4.78, 5) is 12.0. The van der Waals surface area contributed by atoms with Gasteiger partial charge >= 0.3 is 0 Å². The van der Waals surface area contributed by atoms with E-state index in [1.807, 2.05) is 25.1 Å². The minimum Gasteiger partial charge on any atom is -0.457 e. The molecule has 0 aromatic heterocycles. The number of benzene rings is 2. The van der Waals surface area contributed by atoms with Gasteiger partial charge in [-0.3, -0.25) is 15.2 Å². The molecule has 0 bridgehead atoms. The molecular formula is C19H21NO7S. The lowest BCUT2D eigenvalue weighted by atomic mass is 10.0. The predicted octanol–water partition coefficient (Wildman–Crippen LogP) is 2.57. The number of hydrogen-bond acceptors (Lipinski definition) is 7. The topological polar surface area (TPSA) is 113 Å². The fraction of sp³-hybridized carbons (Fsp3) is 0.316. The summed E-state index contributed by atoms with van der Waals surface area (Å²) >= 11 is 0. The molecule has 28 heavy (non-hydrogen) atoms. The monoisotopic (exact) mass is 407 g/mol. The first-order valence-corrected chi connectivity index (χ1v) is 10.2. The number of hydroxylamine groups is 2. The Balaban J connectivity index is 1.82. The van der Waals surface area contributed by atoms with E-state index < -0.39 is 32.1 Å². The maximum Gasteiger partial charge on any atom is 0.279 e. The average Bonchev–Trinajstić information content (AvgIpc) is 2.68. The SMILES string of the molecule is Cc1cccc(Oc2ccc(S(=O)(=O)C3CCOCC3C(=O)N(O)O)cc2)c1. The van der Waals surface area contributed by atoms with Gasteiger partial charge in [-0.2, -0.15) is 0 Å². The second kappa shape index (κ2) is 8.27. The summed E-state index contributed by atoms with van der Waals surface area (Å²) in [6.07, 6.45) is 0.0775. The Hall–Kier alpha value is -2.46. The van der Waals surface area contributed by atoms with E-state index in [1.54, 1.807) is 6.07 Å². The van der Waals surface area contributed by atoms with Crippen LogP contribution in [0.15, 0.2) is 53.4 Å². The highest BCUT2D eigenvalue weighted by Crippen LogP contribution is 2.30. The van der Waals surface area contributed by atoms with Gasteiger partial charge in [0.25, 0.3) is 5.91 Å². The van der Waals surface area contributed by atoms with Crippen LogP contribution >= 0.6 is 0 Å². The lowest BCUT2D eigenvalue weighted by molar-refractivity contribution is -0.289. The van der Waals surface area contributed by atoms with Crippen molar-refractivity contribution in [2.75, 3.05) is 13.2 Å². The van der Waals surface area contributed by atoms with Gasteiger partial charge in [0.1, 0.15) is 11.5 Å². The van der Waals surface area contributed by atoms with E-state index in [2.05, 4.69) is 0 Å². The molecule has 0 spiro atoms. The van der Waals surface area contributed by atoms with Crippen molar-refractivity contribution in [3.8, 4) is 11.5 Å². The number of nitrogens with zero attached hydrogens (tertiary/aromatic N) is 1. The number of hydrogen-bond donors (Lipinski definition) is 2. The van der Waals surface area contributed by atoms with E-state index in [9.17, 15) is 13.2 Å². The molecule has 2 aromatic rings. The molecule has 2 N–H and O–H groups in total. The van der Waals surface area contributed by atoms with Gasteiger partial charge < -0.3 is 9.47 Å². The van der Waals surface area contributed by atoms with Crippen molar-refractivity contribution in [2.45, 2.75) is 23.5 Å². The minimum atomic E-state index is -3.89. The molecule has 2 aromatic carbocycles. The molecule has 8 nitrogen and oxygen atoms in total. The molecule has 2 unspecified atom stereocenters. The Kier molecular flexibility index (Phi) is 5.99. The van der Waals surface area contributed by atoms with Crippen molar-refractivity contribution < 1.29 is 33.1 Å². The Bertz CT molecular complexity index is 941. The highest BCUT2D eigenvalue weighted by molar-refractivity contribution is 7.92. The van der Waals surface area contributed by atoms with Crippen LogP contribution in [0.2, 0.25) is 0 Å². The molecular weight excluding hydrogens is 386 g/mol. The van der Waals surface area contributed by atoms with E-state index in [0.717, 1.165) is 5.56 Å². The number of amides is 1. The lowest BCUT2D eigenvalue weighted by Gasteiger charge is -2.30. The molecule has 0 radical (unpaired) electrons. The highest BCUT2D eigenvalue weighted by atomic mass is 32.2. The van der Waals surface area contributed by atoms with Crippen LogP contribution < -0.4 is 4.74 Å². The summed E-state index contributed by atoms with van der Waals surface area (Å²) in [7, 11) is -3.89. The van der Waals surface area contributed by atoms with Crippen LogP contribution in [0, 0.1) is 12.8 Å². The van der Waals surface area contributed by atoms with E-state index in [-0.39, 0.29) is 24.5 Å². The molecule has 9 heteroatoms. The molecule has 1 saturated heterocycles. The van der Waals surface area contributed by atoms with Crippen molar-refractivity contribution in [2.24, 2.45) is 5.92 Å². The van der Waals surface area contributed by atoms with E-state index >= 15 is 0 Å². The molecule has 1 fully saturated rings. The van der Waals surface area contributed by atoms with Crippen LogP contribution in [0.4, 0.5) is 0 Å². The fourth-order valence-corrected chi connectivity index (χ4v) is 5.05. The predicted molar refractivity (Wildman–Crippen MR) is 98.0 cm³/mol. The Morgan fingerprint density at radius 3 is 2.50 bits per heavy atom. The zero-order chi connectivity index (χ0) is 20.3. The standard InChI is InChI=1S/C19H21NO7S/c1-13-3-2-4-15(11-13)27-14-5-7-16(8-6-14)28(24,25)18-9-10-26-12-17(18)19(21)20(22)23/h2-8,11,17-18,22-23H,9-10,12H2,1H3. The summed E-state index contributed by atoms with van der Waals surface area (Å²) in [5.74, 6) is -1.21. The number of sulfone groups is 1. The van der Waals surface area contributed by atoms with Gasteiger partial charge in [-0.25, -0.2) is 8.42 Å². The molecule has 2 atom stereocenters. The molecule has 1 heterocycles. The van der Waals surface area contributed by atoms with E-state index in [1.165, 1.54) is 24.3 Å². The quantitative estimate of drug-likeness (QED) is 0.578. The first-order valence-electron chi connectivity index (χ1n) is 8.67. The van der Waals surface area contributed by atoms with Gasteiger partial charge in [0.15, 0.2) is 9.84 Å². The zero-order valence-electron chi connectivity index (χ0n) is 15.2.